The van der Waals surface area contributed by atoms with E-state index in [2.05, 4.69) is 24.2 Å². The van der Waals surface area contributed by atoms with Gasteiger partial charge in [-0.05, 0) is 31.5 Å². The summed E-state index contributed by atoms with van der Waals surface area (Å²) in [4.78, 5) is 0. The Kier molecular flexibility index (Phi) is 5.93. The van der Waals surface area contributed by atoms with Gasteiger partial charge in [-0.3, -0.25) is 0 Å². The first kappa shape index (κ1) is 15.2. The molecule has 0 aliphatic rings. The third-order valence-electron chi connectivity index (χ3n) is 3.33. The van der Waals surface area contributed by atoms with Crippen LogP contribution in [0.15, 0.2) is 47.1 Å². The molecule has 1 heterocycles. The molecular weight excluding hydrogens is 262 g/mol. The van der Waals surface area contributed by atoms with E-state index in [4.69, 9.17) is 15.6 Å². The minimum absolute atomic E-state index is 0.297. The molecule has 0 aliphatic heterocycles. The van der Waals surface area contributed by atoms with E-state index in [1.165, 1.54) is 0 Å². The minimum atomic E-state index is 0.297. The van der Waals surface area contributed by atoms with Crippen LogP contribution in [0, 0.1) is 12.3 Å². The van der Waals surface area contributed by atoms with Gasteiger partial charge in [0, 0.05) is 24.6 Å². The summed E-state index contributed by atoms with van der Waals surface area (Å²) in [5.74, 6) is 4.37. The summed E-state index contributed by atoms with van der Waals surface area (Å²) in [6, 6.07) is 12.3. The van der Waals surface area contributed by atoms with Crippen LogP contribution in [0.5, 0.6) is 5.75 Å². The smallest absolute Gasteiger partial charge is 0.148 e. The first-order chi connectivity index (χ1) is 10.3. The number of nitrogens with one attached hydrogen (secondary N) is 1. The van der Waals surface area contributed by atoms with Crippen molar-refractivity contribution in [1.82, 2.24) is 5.32 Å². The van der Waals surface area contributed by atoms with E-state index in [-0.39, 0.29) is 0 Å². The van der Waals surface area contributed by atoms with E-state index in [0.717, 1.165) is 36.5 Å². The van der Waals surface area contributed by atoms with E-state index in [9.17, 15) is 0 Å². The van der Waals surface area contributed by atoms with Crippen molar-refractivity contribution >= 4 is 0 Å². The molecule has 1 aromatic heterocycles. The molecule has 1 atom stereocenters. The van der Waals surface area contributed by atoms with Crippen LogP contribution in [0.3, 0.4) is 0 Å². The minimum Gasteiger partial charge on any atom is -0.481 e. The Bertz CT molecular complexity index is 569. The molecule has 0 saturated carbocycles. The van der Waals surface area contributed by atoms with Crippen LogP contribution < -0.4 is 10.1 Å². The molecular formula is C18H21NO2. The fourth-order valence-electron chi connectivity index (χ4n) is 2.11. The third kappa shape index (κ3) is 5.02. The summed E-state index contributed by atoms with van der Waals surface area (Å²) in [7, 11) is 0. The van der Waals surface area contributed by atoms with Gasteiger partial charge in [0.15, 0.2) is 0 Å². The summed E-state index contributed by atoms with van der Waals surface area (Å²) in [6.45, 7) is 3.24. The Morgan fingerprint density at radius 2 is 2.14 bits per heavy atom. The topological polar surface area (TPSA) is 34.4 Å². The normalized spacial score (nSPS) is 11.8. The van der Waals surface area contributed by atoms with Crippen LogP contribution in [0.1, 0.15) is 24.7 Å². The number of ether oxygens (including phenoxy) is 1. The van der Waals surface area contributed by atoms with Gasteiger partial charge in [-0.15, -0.1) is 6.42 Å². The summed E-state index contributed by atoms with van der Waals surface area (Å²) in [5, 5.41) is 3.50. The van der Waals surface area contributed by atoms with Gasteiger partial charge in [-0.2, -0.15) is 0 Å². The Hall–Kier alpha value is -2.18. The van der Waals surface area contributed by atoms with Gasteiger partial charge in [-0.25, -0.2) is 0 Å². The molecule has 1 N–H and O–H groups in total. The second-order valence-corrected chi connectivity index (χ2v) is 5.00. The highest BCUT2D eigenvalue weighted by atomic mass is 16.5. The quantitative estimate of drug-likeness (QED) is 0.754. The van der Waals surface area contributed by atoms with E-state index in [0.29, 0.717) is 12.6 Å². The van der Waals surface area contributed by atoms with Gasteiger partial charge in [0.05, 0.1) is 6.26 Å². The van der Waals surface area contributed by atoms with Crippen molar-refractivity contribution in [1.29, 1.82) is 0 Å². The molecule has 2 rings (SSSR count). The summed E-state index contributed by atoms with van der Waals surface area (Å²) < 4.78 is 10.9. The monoisotopic (exact) mass is 283 g/mol. The first-order valence-corrected chi connectivity index (χ1v) is 7.19. The van der Waals surface area contributed by atoms with Crippen LogP contribution in [0.25, 0.3) is 0 Å². The lowest BCUT2D eigenvalue weighted by Gasteiger charge is -2.15. The maximum absolute atomic E-state index is 5.55. The molecule has 0 spiro atoms. The molecule has 110 valence electrons. The highest BCUT2D eigenvalue weighted by molar-refractivity contribution is 5.33. The average molecular weight is 283 g/mol. The van der Waals surface area contributed by atoms with E-state index < -0.39 is 0 Å². The van der Waals surface area contributed by atoms with Gasteiger partial charge >= 0.3 is 0 Å². The fraction of sp³-hybridized carbons (Fsp3) is 0.333. The van der Waals surface area contributed by atoms with Crippen molar-refractivity contribution in [3.63, 3.8) is 0 Å². The third-order valence-corrected chi connectivity index (χ3v) is 3.33. The zero-order valence-electron chi connectivity index (χ0n) is 12.3. The van der Waals surface area contributed by atoms with Crippen LogP contribution in [-0.2, 0) is 13.0 Å². The van der Waals surface area contributed by atoms with Crippen molar-refractivity contribution in [2.75, 3.05) is 6.61 Å². The predicted octanol–water partition coefficient (Wildman–Crippen LogP) is 3.40. The number of terminal acetylenes is 1. The molecule has 1 unspecified atom stereocenters. The van der Waals surface area contributed by atoms with E-state index in [1.807, 2.05) is 30.3 Å². The van der Waals surface area contributed by atoms with Gasteiger partial charge in [0.25, 0.3) is 0 Å². The molecule has 2 aromatic rings. The maximum atomic E-state index is 5.55. The highest BCUT2D eigenvalue weighted by Gasteiger charge is 2.06. The van der Waals surface area contributed by atoms with Crippen LogP contribution in [0.2, 0.25) is 0 Å². The van der Waals surface area contributed by atoms with Gasteiger partial charge in [-0.1, -0.05) is 24.1 Å². The Morgan fingerprint density at radius 1 is 1.29 bits per heavy atom. The van der Waals surface area contributed by atoms with Crippen LogP contribution in [-0.4, -0.2) is 12.6 Å². The number of rotatable bonds is 8. The van der Waals surface area contributed by atoms with E-state index >= 15 is 0 Å². The number of hydrogen-bond donors (Lipinski definition) is 1. The van der Waals surface area contributed by atoms with Gasteiger partial charge < -0.3 is 14.5 Å². The summed E-state index contributed by atoms with van der Waals surface area (Å²) in [6.07, 6.45) is 8.92. The number of furan rings is 1. The lowest BCUT2D eigenvalue weighted by Crippen LogP contribution is -2.26. The van der Waals surface area contributed by atoms with Crippen molar-refractivity contribution < 1.29 is 9.15 Å². The number of aryl methyl sites for hydroxylation is 1. The molecule has 0 fully saturated rings. The zero-order valence-corrected chi connectivity index (χ0v) is 12.3. The molecule has 0 bridgehead atoms. The Balaban J connectivity index is 1.80. The molecule has 3 nitrogen and oxygen atoms in total. The highest BCUT2D eigenvalue weighted by Crippen LogP contribution is 2.18. The van der Waals surface area contributed by atoms with Crippen molar-refractivity contribution in [3.05, 3.63) is 54.0 Å². The number of hydrogen-bond acceptors (Lipinski definition) is 3. The van der Waals surface area contributed by atoms with Crippen LogP contribution in [0.4, 0.5) is 0 Å². The number of benzene rings is 1. The van der Waals surface area contributed by atoms with Crippen molar-refractivity contribution in [2.45, 2.75) is 32.4 Å². The number of para-hydroxylation sites is 1. The van der Waals surface area contributed by atoms with Gasteiger partial charge in [0.1, 0.15) is 18.1 Å². The Morgan fingerprint density at radius 3 is 2.90 bits per heavy atom. The standard InChI is InChI=1S/C18H21NO2/c1-3-12-21-18-9-5-4-7-16(18)14-19-15(2)10-11-17-8-6-13-20-17/h1,4-9,13,15,19H,10-12,14H2,2H3. The first-order valence-electron chi connectivity index (χ1n) is 7.19. The van der Waals surface area contributed by atoms with Crippen LogP contribution >= 0.6 is 0 Å². The lowest BCUT2D eigenvalue weighted by molar-refractivity contribution is 0.363. The summed E-state index contributed by atoms with van der Waals surface area (Å²) >= 11 is 0. The maximum Gasteiger partial charge on any atom is 0.148 e. The van der Waals surface area contributed by atoms with E-state index in [1.54, 1.807) is 6.26 Å². The molecule has 1 aromatic carbocycles. The molecule has 0 radical (unpaired) electrons. The predicted molar refractivity (Wildman–Crippen MR) is 84.1 cm³/mol. The molecule has 21 heavy (non-hydrogen) atoms. The van der Waals surface area contributed by atoms with Crippen molar-refractivity contribution in [3.8, 4) is 18.1 Å². The fourth-order valence-corrected chi connectivity index (χ4v) is 2.11. The molecule has 3 heteroatoms. The van der Waals surface area contributed by atoms with Crippen molar-refractivity contribution in [2.24, 2.45) is 0 Å². The molecule has 0 saturated heterocycles. The summed E-state index contributed by atoms with van der Waals surface area (Å²) in [5.41, 5.74) is 1.12. The largest absolute Gasteiger partial charge is 0.481 e. The lowest BCUT2D eigenvalue weighted by atomic mass is 10.1. The molecule has 0 amide bonds. The Labute approximate surface area is 126 Å². The SMILES string of the molecule is C#CCOc1ccccc1CNC(C)CCc1ccco1. The van der Waals surface area contributed by atoms with Gasteiger partial charge in [0.2, 0.25) is 0 Å². The second-order valence-electron chi connectivity index (χ2n) is 5.00. The zero-order chi connectivity index (χ0) is 14.9. The second kappa shape index (κ2) is 8.18. The average Bonchev–Trinajstić information content (AvgIpc) is 3.03. The molecule has 0 aliphatic carbocycles.